The van der Waals surface area contributed by atoms with Gasteiger partial charge >= 0.3 is 5.97 Å². The van der Waals surface area contributed by atoms with Crippen molar-refractivity contribution in [2.45, 2.75) is 0 Å². The molecule has 1 aromatic carbocycles. The molecule has 0 amide bonds. The summed E-state index contributed by atoms with van der Waals surface area (Å²) in [5, 5.41) is 1.99. The fourth-order valence-electron chi connectivity index (χ4n) is 1.58. The highest BCUT2D eigenvalue weighted by atomic mass is 32.1. The van der Waals surface area contributed by atoms with Crippen molar-refractivity contribution in [2.75, 3.05) is 14.2 Å². The Morgan fingerprint density at radius 3 is 2.65 bits per heavy atom. The number of carbonyl (C=O) groups is 1. The molecule has 0 aliphatic heterocycles. The van der Waals surface area contributed by atoms with Gasteiger partial charge in [-0.15, -0.1) is 11.3 Å². The molecular weight excluding hydrogens is 236 g/mol. The lowest BCUT2D eigenvalue weighted by Crippen LogP contribution is -2.01. The maximum atomic E-state index is 11.5. The molecule has 0 bridgehead atoms. The quantitative estimate of drug-likeness (QED) is 0.782. The summed E-state index contributed by atoms with van der Waals surface area (Å²) >= 11 is 1.60. The first kappa shape index (κ1) is 11.7. The zero-order valence-corrected chi connectivity index (χ0v) is 10.4. The van der Waals surface area contributed by atoms with E-state index in [0.29, 0.717) is 5.56 Å². The van der Waals surface area contributed by atoms with Gasteiger partial charge in [-0.2, -0.15) is 0 Å². The summed E-state index contributed by atoms with van der Waals surface area (Å²) in [4.78, 5) is 12.5. The van der Waals surface area contributed by atoms with Gasteiger partial charge in [-0.3, -0.25) is 0 Å². The van der Waals surface area contributed by atoms with Crippen molar-refractivity contribution < 1.29 is 14.3 Å². The molecule has 1 aromatic heterocycles. The van der Waals surface area contributed by atoms with E-state index in [4.69, 9.17) is 9.47 Å². The fraction of sp³-hybridized carbons (Fsp3) is 0.154. The molecule has 0 N–H and O–H groups in total. The first-order chi connectivity index (χ1) is 8.26. The third-order valence-corrected chi connectivity index (χ3v) is 3.31. The summed E-state index contributed by atoms with van der Waals surface area (Å²) in [5.74, 6) is 0.408. The van der Waals surface area contributed by atoms with E-state index < -0.39 is 0 Å². The SMILES string of the molecule is COC(=O)c1ccc(OC)c(-c2cccs2)c1. The van der Waals surface area contributed by atoms with Gasteiger partial charge in [-0.25, -0.2) is 4.79 Å². The van der Waals surface area contributed by atoms with Crippen LogP contribution in [0, 0.1) is 0 Å². The van der Waals surface area contributed by atoms with Crippen molar-refractivity contribution in [1.82, 2.24) is 0 Å². The Hall–Kier alpha value is -1.81. The Morgan fingerprint density at radius 2 is 2.06 bits per heavy atom. The molecule has 0 aliphatic rings. The summed E-state index contributed by atoms with van der Waals surface area (Å²) < 4.78 is 10.00. The number of hydrogen-bond donors (Lipinski definition) is 0. The Balaban J connectivity index is 2.51. The molecule has 1 heterocycles. The van der Waals surface area contributed by atoms with E-state index in [9.17, 15) is 4.79 Å². The van der Waals surface area contributed by atoms with Gasteiger partial charge in [0.25, 0.3) is 0 Å². The second-order valence-corrected chi connectivity index (χ2v) is 4.33. The molecule has 0 saturated carbocycles. The van der Waals surface area contributed by atoms with Crippen molar-refractivity contribution in [1.29, 1.82) is 0 Å². The largest absolute Gasteiger partial charge is 0.496 e. The molecule has 0 radical (unpaired) electrons. The Labute approximate surface area is 104 Å². The monoisotopic (exact) mass is 248 g/mol. The second kappa shape index (κ2) is 5.01. The smallest absolute Gasteiger partial charge is 0.337 e. The van der Waals surface area contributed by atoms with Crippen molar-refractivity contribution >= 4 is 17.3 Å². The van der Waals surface area contributed by atoms with Gasteiger partial charge in [0.15, 0.2) is 0 Å². The second-order valence-electron chi connectivity index (χ2n) is 3.38. The van der Waals surface area contributed by atoms with Gasteiger partial charge < -0.3 is 9.47 Å². The van der Waals surface area contributed by atoms with Gasteiger partial charge in [-0.1, -0.05) is 6.07 Å². The third-order valence-electron chi connectivity index (χ3n) is 2.41. The summed E-state index contributed by atoms with van der Waals surface area (Å²) in [7, 11) is 2.99. The maximum Gasteiger partial charge on any atom is 0.337 e. The van der Waals surface area contributed by atoms with Crippen LogP contribution < -0.4 is 4.74 Å². The highest BCUT2D eigenvalue weighted by Gasteiger charge is 2.12. The summed E-state index contributed by atoms with van der Waals surface area (Å²) in [6.45, 7) is 0. The molecule has 0 atom stereocenters. The number of benzene rings is 1. The molecule has 0 saturated heterocycles. The van der Waals surface area contributed by atoms with E-state index in [1.807, 2.05) is 17.5 Å². The minimum atomic E-state index is -0.342. The molecule has 0 fully saturated rings. The topological polar surface area (TPSA) is 35.5 Å². The molecule has 4 heteroatoms. The van der Waals surface area contributed by atoms with Crippen LogP contribution in [0.5, 0.6) is 5.75 Å². The molecule has 88 valence electrons. The Kier molecular flexibility index (Phi) is 3.44. The molecule has 0 unspecified atom stereocenters. The minimum Gasteiger partial charge on any atom is -0.496 e. The van der Waals surface area contributed by atoms with E-state index >= 15 is 0 Å². The van der Waals surface area contributed by atoms with Gasteiger partial charge in [0.2, 0.25) is 0 Å². The lowest BCUT2D eigenvalue weighted by molar-refractivity contribution is 0.0601. The van der Waals surface area contributed by atoms with E-state index in [2.05, 4.69) is 0 Å². The lowest BCUT2D eigenvalue weighted by Gasteiger charge is -2.08. The van der Waals surface area contributed by atoms with E-state index in [1.165, 1.54) is 7.11 Å². The van der Waals surface area contributed by atoms with Gasteiger partial charge in [-0.05, 0) is 29.6 Å². The molecule has 17 heavy (non-hydrogen) atoms. The van der Waals surface area contributed by atoms with Crippen LogP contribution in [0.15, 0.2) is 35.7 Å². The fourth-order valence-corrected chi connectivity index (χ4v) is 2.32. The van der Waals surface area contributed by atoms with Crippen LogP contribution in [0.25, 0.3) is 10.4 Å². The standard InChI is InChI=1S/C13H12O3S/c1-15-11-6-5-9(13(14)16-2)8-10(11)12-4-3-7-17-12/h3-8H,1-2H3. The molecular formula is C13H12O3S. The molecule has 2 rings (SSSR count). The highest BCUT2D eigenvalue weighted by molar-refractivity contribution is 7.13. The van der Waals surface area contributed by atoms with Crippen LogP contribution in [0.3, 0.4) is 0 Å². The number of carbonyl (C=O) groups excluding carboxylic acids is 1. The highest BCUT2D eigenvalue weighted by Crippen LogP contribution is 2.33. The summed E-state index contributed by atoms with van der Waals surface area (Å²) in [6.07, 6.45) is 0. The number of methoxy groups -OCH3 is 2. The first-order valence-electron chi connectivity index (χ1n) is 5.06. The van der Waals surface area contributed by atoms with Crippen molar-refractivity contribution in [3.05, 3.63) is 41.3 Å². The third kappa shape index (κ3) is 2.31. The zero-order chi connectivity index (χ0) is 12.3. The van der Waals surface area contributed by atoms with Crippen LogP contribution in [-0.4, -0.2) is 20.2 Å². The van der Waals surface area contributed by atoms with Crippen LogP contribution >= 0.6 is 11.3 Å². The van der Waals surface area contributed by atoms with E-state index in [0.717, 1.165) is 16.2 Å². The van der Waals surface area contributed by atoms with E-state index in [-0.39, 0.29) is 5.97 Å². The number of esters is 1. The Bertz CT molecular complexity index is 517. The van der Waals surface area contributed by atoms with Gasteiger partial charge in [0, 0.05) is 10.4 Å². The van der Waals surface area contributed by atoms with Gasteiger partial charge in [0.1, 0.15) is 5.75 Å². The number of rotatable bonds is 3. The van der Waals surface area contributed by atoms with Crippen LogP contribution in [0.4, 0.5) is 0 Å². The van der Waals surface area contributed by atoms with Crippen LogP contribution in [0.1, 0.15) is 10.4 Å². The van der Waals surface area contributed by atoms with Crippen molar-refractivity contribution in [3.8, 4) is 16.2 Å². The number of thiophene rings is 1. The molecule has 2 aromatic rings. The number of hydrogen-bond acceptors (Lipinski definition) is 4. The number of ether oxygens (including phenoxy) is 2. The molecule has 0 aliphatic carbocycles. The maximum absolute atomic E-state index is 11.5. The first-order valence-corrected chi connectivity index (χ1v) is 5.94. The van der Waals surface area contributed by atoms with Crippen LogP contribution in [0.2, 0.25) is 0 Å². The molecule has 0 spiro atoms. The van der Waals surface area contributed by atoms with Crippen LogP contribution in [-0.2, 0) is 4.74 Å². The Morgan fingerprint density at radius 1 is 1.24 bits per heavy atom. The molecule has 3 nitrogen and oxygen atoms in total. The van der Waals surface area contributed by atoms with Crippen molar-refractivity contribution in [2.24, 2.45) is 0 Å². The zero-order valence-electron chi connectivity index (χ0n) is 9.60. The summed E-state index contributed by atoms with van der Waals surface area (Å²) in [5.41, 5.74) is 1.43. The average Bonchev–Trinajstić information content (AvgIpc) is 2.90. The van der Waals surface area contributed by atoms with Gasteiger partial charge in [0.05, 0.1) is 19.8 Å². The minimum absolute atomic E-state index is 0.342. The van der Waals surface area contributed by atoms with E-state index in [1.54, 1.807) is 36.6 Å². The lowest BCUT2D eigenvalue weighted by atomic mass is 10.1. The van der Waals surface area contributed by atoms with Crippen molar-refractivity contribution in [3.63, 3.8) is 0 Å². The normalized spacial score (nSPS) is 10.0. The summed E-state index contributed by atoms with van der Waals surface area (Å²) in [6, 6.07) is 9.22. The predicted octanol–water partition coefficient (Wildman–Crippen LogP) is 3.21. The predicted molar refractivity (Wildman–Crippen MR) is 67.6 cm³/mol. The average molecular weight is 248 g/mol.